The molecular weight excluding hydrogens is 655 g/mol. The van der Waals surface area contributed by atoms with Crippen molar-refractivity contribution in [3.8, 4) is 23.1 Å². The second-order valence-electron chi connectivity index (χ2n) is 9.96. The molecule has 0 amide bonds. The number of Topliss-reactive ketones (excluding diaryl/α,β-unsaturated/α-hetero) is 2. The van der Waals surface area contributed by atoms with Crippen LogP contribution in [0.2, 0.25) is 0 Å². The van der Waals surface area contributed by atoms with Crippen LogP contribution in [0.4, 0.5) is 39.5 Å². The van der Waals surface area contributed by atoms with Crippen molar-refractivity contribution in [2.75, 3.05) is 52.5 Å². The fourth-order valence-electron chi connectivity index (χ4n) is 4.21. The molecule has 0 atom stereocenters. The van der Waals surface area contributed by atoms with E-state index in [1.54, 1.807) is 17.7 Å². The molecule has 0 radical (unpaired) electrons. The van der Waals surface area contributed by atoms with Crippen molar-refractivity contribution in [1.82, 2.24) is 24.8 Å². The van der Waals surface area contributed by atoms with Gasteiger partial charge < -0.3 is 19.4 Å². The van der Waals surface area contributed by atoms with Crippen LogP contribution in [0.5, 0.6) is 5.75 Å². The number of benzene rings is 1. The molecular formula is C28H27F9N6O4. The number of nitriles is 1. The van der Waals surface area contributed by atoms with Gasteiger partial charge in [0.1, 0.15) is 17.3 Å². The molecule has 0 spiro atoms. The molecule has 0 aliphatic carbocycles. The summed E-state index contributed by atoms with van der Waals surface area (Å²) in [7, 11) is 1.75. The number of rotatable bonds is 10. The van der Waals surface area contributed by atoms with Crippen molar-refractivity contribution in [2.45, 2.75) is 24.9 Å². The minimum atomic E-state index is -5.77. The van der Waals surface area contributed by atoms with Gasteiger partial charge in [-0.25, -0.2) is 9.97 Å². The number of imidazole rings is 1. The number of alkyl halides is 9. The minimum Gasteiger partial charge on any atom is -0.493 e. The van der Waals surface area contributed by atoms with Crippen LogP contribution in [-0.4, -0.2) is 95.9 Å². The lowest BCUT2D eigenvalue weighted by atomic mass is 10.1. The van der Waals surface area contributed by atoms with Gasteiger partial charge in [0.05, 0.1) is 42.9 Å². The van der Waals surface area contributed by atoms with Crippen LogP contribution < -0.4 is 10.1 Å². The second kappa shape index (κ2) is 15.5. The van der Waals surface area contributed by atoms with E-state index in [0.29, 0.717) is 24.0 Å². The number of carbonyl (C=O) groups excluding carboxylic acids is 2. The van der Waals surface area contributed by atoms with E-state index in [9.17, 15) is 54.4 Å². The Morgan fingerprint density at radius 1 is 1.00 bits per heavy atom. The molecule has 256 valence electrons. The van der Waals surface area contributed by atoms with Gasteiger partial charge in [-0.2, -0.15) is 44.8 Å². The van der Waals surface area contributed by atoms with Gasteiger partial charge in [0, 0.05) is 38.8 Å². The van der Waals surface area contributed by atoms with Crippen molar-refractivity contribution in [2.24, 2.45) is 7.05 Å². The van der Waals surface area contributed by atoms with E-state index in [1.165, 1.54) is 18.5 Å². The van der Waals surface area contributed by atoms with Crippen LogP contribution in [0.25, 0.3) is 22.3 Å². The van der Waals surface area contributed by atoms with E-state index in [0.717, 1.165) is 45.5 Å². The minimum absolute atomic E-state index is 0.0631. The summed E-state index contributed by atoms with van der Waals surface area (Å²) in [6, 6.07) is 7.45. The van der Waals surface area contributed by atoms with Gasteiger partial charge in [-0.3, -0.25) is 14.5 Å². The molecule has 0 unspecified atom stereocenters. The Hall–Kier alpha value is -4.28. The monoisotopic (exact) mass is 682 g/mol. The Labute approximate surface area is 261 Å². The first kappa shape index (κ1) is 37.2. The van der Waals surface area contributed by atoms with Crippen LogP contribution in [0.1, 0.15) is 17.7 Å². The summed E-state index contributed by atoms with van der Waals surface area (Å²) < 4.78 is 121. The Bertz CT molecular complexity index is 1570. The largest absolute Gasteiger partial charge is 0.493 e. The molecule has 0 saturated carbocycles. The van der Waals surface area contributed by atoms with Gasteiger partial charge in [0.25, 0.3) is 0 Å². The van der Waals surface area contributed by atoms with Gasteiger partial charge in [0.2, 0.25) is 0 Å². The Balaban J connectivity index is 0.000000426. The van der Waals surface area contributed by atoms with E-state index in [1.807, 2.05) is 6.07 Å². The molecule has 1 N–H and O–H groups in total. The SMILES string of the molecule is Cn1cnc2c(C#N)nc(-c3ccc(OCCCNCCN4CCOCC4)c(C(F)(F)F)c3)cc21.O=C(C(=O)C(F)(F)F)C(F)(F)F. The number of nitrogens with one attached hydrogen (secondary N) is 1. The van der Waals surface area contributed by atoms with Gasteiger partial charge in [-0.1, -0.05) is 0 Å². The highest BCUT2D eigenvalue weighted by atomic mass is 19.4. The van der Waals surface area contributed by atoms with Crippen molar-refractivity contribution >= 4 is 22.6 Å². The normalized spacial score (nSPS) is 14.3. The Kier molecular flexibility index (Phi) is 12.3. The maximum atomic E-state index is 13.8. The predicted octanol–water partition coefficient (Wildman–Crippen LogP) is 4.47. The Morgan fingerprint density at radius 3 is 2.21 bits per heavy atom. The summed E-state index contributed by atoms with van der Waals surface area (Å²) in [5.41, 5.74) is 0.719. The molecule has 4 rings (SSSR count). The maximum Gasteiger partial charge on any atom is 0.458 e. The number of ketones is 2. The van der Waals surface area contributed by atoms with Crippen molar-refractivity contribution in [3.05, 3.63) is 41.9 Å². The predicted molar refractivity (Wildman–Crippen MR) is 146 cm³/mol. The number of nitrogens with zero attached hydrogens (tertiary/aromatic N) is 5. The summed E-state index contributed by atoms with van der Waals surface area (Å²) >= 11 is 0. The molecule has 3 heterocycles. The number of ether oxygens (including phenoxy) is 2. The van der Waals surface area contributed by atoms with E-state index in [2.05, 4.69) is 20.2 Å². The molecule has 1 saturated heterocycles. The Morgan fingerprint density at radius 2 is 1.64 bits per heavy atom. The standard InChI is InChI=1S/C24H27F3N6O2.C4F6O2/c1-32-16-30-23-20(15-28)31-19(14-21(23)32)17-3-4-22(18(13-17)24(25,26)27)35-10-2-5-29-6-7-33-8-11-34-12-9-33;5-3(6,7)1(11)2(12)4(8,9)10/h3-4,13-14,16,29H,2,5-12H2,1H3;. The van der Waals surface area contributed by atoms with Gasteiger partial charge in [-0.05, 0) is 37.2 Å². The molecule has 47 heavy (non-hydrogen) atoms. The number of aryl methyl sites for hydroxylation is 1. The van der Waals surface area contributed by atoms with Crippen LogP contribution >= 0.6 is 0 Å². The van der Waals surface area contributed by atoms with Crippen molar-refractivity contribution < 1.29 is 58.6 Å². The average molecular weight is 683 g/mol. The zero-order chi connectivity index (χ0) is 35.0. The third-order valence-corrected chi connectivity index (χ3v) is 6.58. The van der Waals surface area contributed by atoms with E-state index >= 15 is 0 Å². The maximum absolute atomic E-state index is 13.8. The number of hydrogen-bond acceptors (Lipinski definition) is 9. The molecule has 10 nitrogen and oxygen atoms in total. The summed E-state index contributed by atoms with van der Waals surface area (Å²) in [6.45, 7) is 5.87. The first-order valence-corrected chi connectivity index (χ1v) is 13.7. The lowest BCUT2D eigenvalue weighted by Crippen LogP contribution is -2.40. The van der Waals surface area contributed by atoms with Gasteiger partial charge >= 0.3 is 30.1 Å². The van der Waals surface area contributed by atoms with Crippen LogP contribution in [0, 0.1) is 11.3 Å². The van der Waals surface area contributed by atoms with E-state index in [-0.39, 0.29) is 29.3 Å². The number of morpholine rings is 1. The highest BCUT2D eigenvalue weighted by Crippen LogP contribution is 2.39. The summed E-state index contributed by atoms with van der Waals surface area (Å²) in [5, 5.41) is 12.7. The van der Waals surface area contributed by atoms with Crippen molar-refractivity contribution in [1.29, 1.82) is 5.26 Å². The fourth-order valence-corrected chi connectivity index (χ4v) is 4.21. The quantitative estimate of drug-likeness (QED) is 0.188. The van der Waals surface area contributed by atoms with E-state index < -0.39 is 35.7 Å². The lowest BCUT2D eigenvalue weighted by Gasteiger charge is -2.26. The summed E-state index contributed by atoms with van der Waals surface area (Å²) in [6.07, 6.45) is -14.0. The molecule has 1 aromatic carbocycles. The van der Waals surface area contributed by atoms with Crippen LogP contribution in [0.3, 0.4) is 0 Å². The molecule has 1 aliphatic rings. The summed E-state index contributed by atoms with van der Waals surface area (Å²) in [4.78, 5) is 29.9. The number of aromatic nitrogens is 3. The number of pyridine rings is 1. The highest BCUT2D eigenvalue weighted by Gasteiger charge is 2.54. The first-order valence-electron chi connectivity index (χ1n) is 13.7. The molecule has 1 fully saturated rings. The number of halogens is 9. The number of fused-ring (bicyclic) bond motifs is 1. The zero-order valence-corrected chi connectivity index (χ0v) is 24.5. The second-order valence-corrected chi connectivity index (χ2v) is 9.96. The molecule has 1 aliphatic heterocycles. The number of hydrogen-bond donors (Lipinski definition) is 1. The van der Waals surface area contributed by atoms with Crippen LogP contribution in [-0.2, 0) is 27.5 Å². The third-order valence-electron chi connectivity index (χ3n) is 6.58. The molecule has 19 heteroatoms. The first-order chi connectivity index (χ1) is 21.9. The average Bonchev–Trinajstić information content (AvgIpc) is 3.39. The lowest BCUT2D eigenvalue weighted by molar-refractivity contribution is -0.193. The molecule has 2 aromatic heterocycles. The van der Waals surface area contributed by atoms with Gasteiger partial charge in [0.15, 0.2) is 5.69 Å². The van der Waals surface area contributed by atoms with E-state index in [4.69, 9.17) is 9.47 Å². The smallest absolute Gasteiger partial charge is 0.458 e. The fraction of sp³-hybridized carbons (Fsp3) is 0.464. The third kappa shape index (κ3) is 10.4. The molecule has 3 aromatic rings. The summed E-state index contributed by atoms with van der Waals surface area (Å²) in [5.74, 6) is -7.04. The topological polar surface area (TPSA) is 122 Å². The number of carbonyl (C=O) groups is 2. The molecule has 0 bridgehead atoms. The highest BCUT2D eigenvalue weighted by molar-refractivity contribution is 6.41. The van der Waals surface area contributed by atoms with Crippen LogP contribution in [0.15, 0.2) is 30.6 Å². The van der Waals surface area contributed by atoms with Crippen molar-refractivity contribution in [3.63, 3.8) is 0 Å². The van der Waals surface area contributed by atoms with Gasteiger partial charge in [-0.15, -0.1) is 0 Å². The zero-order valence-electron chi connectivity index (χ0n) is 24.5.